The van der Waals surface area contributed by atoms with E-state index in [-0.39, 0.29) is 18.0 Å². The summed E-state index contributed by atoms with van der Waals surface area (Å²) >= 11 is 0. The zero-order valence-corrected chi connectivity index (χ0v) is 8.80. The molecule has 3 rings (SSSR count). The number of imide groups is 1. The zero-order valence-electron chi connectivity index (χ0n) is 8.80. The highest BCUT2D eigenvalue weighted by Crippen LogP contribution is 2.30. The maximum atomic E-state index is 12.1. The molecule has 2 aliphatic rings. The van der Waals surface area contributed by atoms with E-state index in [0.29, 0.717) is 12.2 Å². The van der Waals surface area contributed by atoms with Crippen LogP contribution < -0.4 is 4.90 Å². The number of anilines is 1. The molecule has 0 aromatic heterocycles. The molecule has 0 N–H and O–H groups in total. The molecule has 1 aromatic rings. The number of urea groups is 1. The number of rotatable bonds is 1. The van der Waals surface area contributed by atoms with E-state index >= 15 is 0 Å². The molecule has 0 bridgehead atoms. The van der Waals surface area contributed by atoms with Crippen LogP contribution in [0.5, 0.6) is 0 Å². The number of nitrogens with zero attached hydrogens (tertiary/aromatic N) is 2. The molecule has 0 spiro atoms. The second-order valence-electron chi connectivity index (χ2n) is 4.14. The minimum Gasteiger partial charge on any atom is -0.312 e. The molecule has 0 aliphatic carbocycles. The average molecular weight is 216 g/mol. The third kappa shape index (κ3) is 1.16. The normalized spacial score (nSPS) is 24.1. The van der Waals surface area contributed by atoms with Crippen LogP contribution in [0.3, 0.4) is 0 Å². The smallest absolute Gasteiger partial charge is 0.312 e. The molecule has 4 heteroatoms. The fourth-order valence-corrected chi connectivity index (χ4v) is 2.44. The predicted molar refractivity (Wildman–Crippen MR) is 59.1 cm³/mol. The standard InChI is InChI=1S/C12H12N2O2/c15-11-10-7-4-8-13(10)12(16)14(11)9-5-2-1-3-6-9/h1-3,5-6,10H,4,7-8H2. The Bertz CT molecular complexity index is 422. The Balaban J connectivity index is 1.98. The van der Waals surface area contributed by atoms with Gasteiger partial charge in [-0.15, -0.1) is 0 Å². The number of amides is 3. The van der Waals surface area contributed by atoms with Crippen molar-refractivity contribution < 1.29 is 9.59 Å². The summed E-state index contributed by atoms with van der Waals surface area (Å²) in [5.74, 6) is -0.0753. The second kappa shape index (κ2) is 3.33. The molecule has 1 atom stereocenters. The lowest BCUT2D eigenvalue weighted by atomic mass is 10.2. The summed E-state index contributed by atoms with van der Waals surface area (Å²) in [5, 5.41) is 0. The summed E-state index contributed by atoms with van der Waals surface area (Å²) in [6, 6.07) is 8.73. The maximum Gasteiger partial charge on any atom is 0.332 e. The van der Waals surface area contributed by atoms with Crippen LogP contribution in [0.15, 0.2) is 30.3 Å². The van der Waals surface area contributed by atoms with Crippen molar-refractivity contribution >= 4 is 17.6 Å². The van der Waals surface area contributed by atoms with Crippen LogP contribution >= 0.6 is 0 Å². The minimum atomic E-state index is -0.215. The quantitative estimate of drug-likeness (QED) is 0.669. The highest BCUT2D eigenvalue weighted by Gasteiger charge is 2.47. The van der Waals surface area contributed by atoms with Crippen LogP contribution in [0.4, 0.5) is 10.5 Å². The zero-order chi connectivity index (χ0) is 11.1. The third-order valence-electron chi connectivity index (χ3n) is 3.21. The monoisotopic (exact) mass is 216 g/mol. The van der Waals surface area contributed by atoms with Crippen molar-refractivity contribution in [2.45, 2.75) is 18.9 Å². The van der Waals surface area contributed by atoms with E-state index in [1.165, 1.54) is 4.90 Å². The molecular weight excluding hydrogens is 204 g/mol. The van der Waals surface area contributed by atoms with Gasteiger partial charge in [0.05, 0.1) is 5.69 Å². The SMILES string of the molecule is O=C1C2CCCN2C(=O)N1c1ccccc1. The number of hydrogen-bond acceptors (Lipinski definition) is 2. The van der Waals surface area contributed by atoms with Crippen molar-refractivity contribution in [3.05, 3.63) is 30.3 Å². The Morgan fingerprint density at radius 3 is 2.56 bits per heavy atom. The van der Waals surface area contributed by atoms with Crippen molar-refractivity contribution in [1.29, 1.82) is 0 Å². The second-order valence-corrected chi connectivity index (χ2v) is 4.14. The summed E-state index contributed by atoms with van der Waals surface area (Å²) in [6.45, 7) is 0.707. The number of carbonyl (C=O) groups excluding carboxylic acids is 2. The van der Waals surface area contributed by atoms with Crippen molar-refractivity contribution in [3.63, 3.8) is 0 Å². The topological polar surface area (TPSA) is 40.6 Å². The summed E-state index contributed by atoms with van der Waals surface area (Å²) < 4.78 is 0. The van der Waals surface area contributed by atoms with Crippen molar-refractivity contribution in [3.8, 4) is 0 Å². The van der Waals surface area contributed by atoms with Crippen LogP contribution in [0, 0.1) is 0 Å². The minimum absolute atomic E-state index is 0.0753. The molecule has 0 saturated carbocycles. The van der Waals surface area contributed by atoms with E-state index in [1.807, 2.05) is 18.2 Å². The van der Waals surface area contributed by atoms with Gasteiger partial charge in [0.2, 0.25) is 0 Å². The Labute approximate surface area is 93.5 Å². The Kier molecular flexibility index (Phi) is 1.96. The fraction of sp³-hybridized carbons (Fsp3) is 0.333. The Morgan fingerprint density at radius 2 is 1.88 bits per heavy atom. The number of para-hydroxylation sites is 1. The molecule has 0 radical (unpaired) electrons. The summed E-state index contributed by atoms with van der Waals surface area (Å²) in [6.07, 6.45) is 1.73. The van der Waals surface area contributed by atoms with Gasteiger partial charge in [0, 0.05) is 6.54 Å². The summed E-state index contributed by atoms with van der Waals surface area (Å²) in [4.78, 5) is 27.1. The molecule has 4 nitrogen and oxygen atoms in total. The maximum absolute atomic E-state index is 12.1. The van der Waals surface area contributed by atoms with Crippen LogP contribution in [0.1, 0.15) is 12.8 Å². The molecule has 1 unspecified atom stereocenters. The molecule has 3 amide bonds. The fourth-order valence-electron chi connectivity index (χ4n) is 2.44. The van der Waals surface area contributed by atoms with Gasteiger partial charge in [0.25, 0.3) is 5.91 Å². The van der Waals surface area contributed by atoms with E-state index in [1.54, 1.807) is 17.0 Å². The molecular formula is C12H12N2O2. The van der Waals surface area contributed by atoms with E-state index in [9.17, 15) is 9.59 Å². The van der Waals surface area contributed by atoms with Crippen LogP contribution in [0.2, 0.25) is 0 Å². The predicted octanol–water partition coefficient (Wildman–Crippen LogP) is 1.62. The van der Waals surface area contributed by atoms with Crippen LogP contribution in [0.25, 0.3) is 0 Å². The summed E-state index contributed by atoms with van der Waals surface area (Å²) in [5.41, 5.74) is 0.673. The van der Waals surface area contributed by atoms with Gasteiger partial charge in [-0.05, 0) is 25.0 Å². The molecule has 2 fully saturated rings. The molecule has 2 saturated heterocycles. The van der Waals surface area contributed by atoms with E-state index in [0.717, 1.165) is 12.8 Å². The van der Waals surface area contributed by atoms with Gasteiger partial charge in [0.15, 0.2) is 0 Å². The number of benzene rings is 1. The van der Waals surface area contributed by atoms with Crippen LogP contribution in [-0.2, 0) is 4.79 Å². The van der Waals surface area contributed by atoms with Crippen LogP contribution in [-0.4, -0.2) is 29.4 Å². The molecule has 1 aromatic carbocycles. The molecule has 82 valence electrons. The first-order valence-electron chi connectivity index (χ1n) is 5.48. The van der Waals surface area contributed by atoms with Gasteiger partial charge in [0.1, 0.15) is 6.04 Å². The lowest BCUT2D eigenvalue weighted by Crippen LogP contribution is -2.32. The van der Waals surface area contributed by atoms with Gasteiger partial charge in [-0.1, -0.05) is 18.2 Å². The first-order chi connectivity index (χ1) is 7.79. The average Bonchev–Trinajstić information content (AvgIpc) is 2.86. The van der Waals surface area contributed by atoms with Crippen molar-refractivity contribution in [1.82, 2.24) is 4.90 Å². The number of carbonyl (C=O) groups is 2. The highest BCUT2D eigenvalue weighted by atomic mass is 16.2. The van der Waals surface area contributed by atoms with Gasteiger partial charge < -0.3 is 4.90 Å². The third-order valence-corrected chi connectivity index (χ3v) is 3.21. The highest BCUT2D eigenvalue weighted by molar-refractivity contribution is 6.21. The first-order valence-corrected chi connectivity index (χ1v) is 5.48. The van der Waals surface area contributed by atoms with E-state index < -0.39 is 0 Å². The Morgan fingerprint density at radius 1 is 1.12 bits per heavy atom. The van der Waals surface area contributed by atoms with Crippen molar-refractivity contribution in [2.24, 2.45) is 0 Å². The Hall–Kier alpha value is -1.84. The number of fused-ring (bicyclic) bond motifs is 1. The molecule has 2 aliphatic heterocycles. The number of hydrogen-bond donors (Lipinski definition) is 0. The molecule has 2 heterocycles. The van der Waals surface area contributed by atoms with Gasteiger partial charge >= 0.3 is 6.03 Å². The van der Waals surface area contributed by atoms with E-state index in [2.05, 4.69) is 0 Å². The van der Waals surface area contributed by atoms with E-state index in [4.69, 9.17) is 0 Å². The van der Waals surface area contributed by atoms with Crippen molar-refractivity contribution in [2.75, 3.05) is 11.4 Å². The summed E-state index contributed by atoms with van der Waals surface area (Å²) in [7, 11) is 0. The van der Waals surface area contributed by atoms with Gasteiger partial charge in [-0.3, -0.25) is 4.79 Å². The van der Waals surface area contributed by atoms with Gasteiger partial charge in [-0.2, -0.15) is 0 Å². The largest absolute Gasteiger partial charge is 0.332 e. The first kappa shape index (κ1) is 9.39. The molecule has 16 heavy (non-hydrogen) atoms. The van der Waals surface area contributed by atoms with Gasteiger partial charge in [-0.25, -0.2) is 9.69 Å². The lowest BCUT2D eigenvalue weighted by Gasteiger charge is -2.15. The lowest BCUT2D eigenvalue weighted by molar-refractivity contribution is -0.119.